The van der Waals surface area contributed by atoms with Gasteiger partial charge in [-0.1, -0.05) is 6.07 Å². The Balaban J connectivity index is 2.77. The molecule has 0 unspecified atom stereocenters. The normalized spacial score (nSPS) is 11.3. The lowest BCUT2D eigenvalue weighted by atomic mass is 10.0. The summed E-state index contributed by atoms with van der Waals surface area (Å²) in [5, 5.41) is 14.0. The van der Waals surface area contributed by atoms with Gasteiger partial charge in [-0.3, -0.25) is 0 Å². The number of carbonyl (C=O) groups is 2. The van der Waals surface area contributed by atoms with Crippen molar-refractivity contribution in [2.75, 3.05) is 26.0 Å². The van der Waals surface area contributed by atoms with Crippen LogP contribution in [0.3, 0.4) is 0 Å². The third-order valence-electron chi connectivity index (χ3n) is 3.37. The van der Waals surface area contributed by atoms with Crippen LogP contribution in [0.2, 0.25) is 0 Å². The predicted octanol–water partition coefficient (Wildman–Crippen LogP) is 1.99. The van der Waals surface area contributed by atoms with E-state index < -0.39 is 23.4 Å². The number of anilines is 1. The Bertz CT molecular complexity index is 544. The van der Waals surface area contributed by atoms with Gasteiger partial charge < -0.3 is 20.6 Å². The Labute approximate surface area is 122 Å². The number of hydrogen-bond acceptors (Lipinski definition) is 3. The fourth-order valence-electron chi connectivity index (χ4n) is 1.47. The second-order valence-corrected chi connectivity index (χ2v) is 5.48. The number of benzene rings is 1. The topological polar surface area (TPSA) is 81.7 Å². The van der Waals surface area contributed by atoms with Crippen LogP contribution >= 0.6 is 0 Å². The van der Waals surface area contributed by atoms with Gasteiger partial charge in [0.15, 0.2) is 0 Å². The van der Waals surface area contributed by atoms with E-state index in [9.17, 15) is 14.0 Å². The SMILES string of the molecule is CN(C)C(C)(C)CNC(=O)Nc1cccc(F)c1C(=O)O. The van der Waals surface area contributed by atoms with E-state index in [0.717, 1.165) is 6.07 Å². The van der Waals surface area contributed by atoms with Crippen LogP contribution in [-0.2, 0) is 0 Å². The summed E-state index contributed by atoms with van der Waals surface area (Å²) in [6, 6.07) is 3.12. The molecule has 0 aliphatic rings. The van der Waals surface area contributed by atoms with Crippen LogP contribution < -0.4 is 10.6 Å². The molecule has 3 N–H and O–H groups in total. The van der Waals surface area contributed by atoms with Crippen molar-refractivity contribution in [1.29, 1.82) is 0 Å². The van der Waals surface area contributed by atoms with Crippen molar-refractivity contribution in [2.45, 2.75) is 19.4 Å². The van der Waals surface area contributed by atoms with Gasteiger partial charge in [0.1, 0.15) is 11.4 Å². The number of aromatic carboxylic acids is 1. The van der Waals surface area contributed by atoms with Crippen molar-refractivity contribution in [1.82, 2.24) is 10.2 Å². The van der Waals surface area contributed by atoms with Gasteiger partial charge in [-0.25, -0.2) is 14.0 Å². The maximum Gasteiger partial charge on any atom is 0.340 e. The smallest absolute Gasteiger partial charge is 0.340 e. The van der Waals surface area contributed by atoms with Gasteiger partial charge in [0.05, 0.1) is 5.69 Å². The summed E-state index contributed by atoms with van der Waals surface area (Å²) in [6.07, 6.45) is 0. The predicted molar refractivity (Wildman–Crippen MR) is 78.1 cm³/mol. The minimum Gasteiger partial charge on any atom is -0.478 e. The van der Waals surface area contributed by atoms with Crippen molar-refractivity contribution in [3.8, 4) is 0 Å². The van der Waals surface area contributed by atoms with E-state index in [1.165, 1.54) is 12.1 Å². The number of nitrogens with one attached hydrogen (secondary N) is 2. The van der Waals surface area contributed by atoms with Gasteiger partial charge >= 0.3 is 12.0 Å². The fraction of sp³-hybridized carbons (Fsp3) is 0.429. The molecule has 2 amide bonds. The van der Waals surface area contributed by atoms with Gasteiger partial charge in [0.2, 0.25) is 0 Å². The molecule has 1 rings (SSSR count). The van der Waals surface area contributed by atoms with Crippen LogP contribution in [0.5, 0.6) is 0 Å². The van der Waals surface area contributed by atoms with Crippen LogP contribution in [0.4, 0.5) is 14.9 Å². The molecule has 0 aromatic heterocycles. The van der Waals surface area contributed by atoms with E-state index in [1.807, 2.05) is 32.8 Å². The van der Waals surface area contributed by atoms with Crippen molar-refractivity contribution in [3.63, 3.8) is 0 Å². The zero-order valence-electron chi connectivity index (χ0n) is 12.5. The van der Waals surface area contributed by atoms with Crippen molar-refractivity contribution in [2.24, 2.45) is 0 Å². The van der Waals surface area contributed by atoms with E-state index >= 15 is 0 Å². The standard InChI is InChI=1S/C14H20FN3O3/c1-14(2,18(3)4)8-16-13(21)17-10-7-5-6-9(15)11(10)12(19)20/h5-7H,8H2,1-4H3,(H,19,20)(H2,16,17,21). The molecule has 0 saturated carbocycles. The summed E-state index contributed by atoms with van der Waals surface area (Å²) in [6.45, 7) is 4.24. The van der Waals surface area contributed by atoms with E-state index in [-0.39, 0.29) is 11.2 Å². The lowest BCUT2D eigenvalue weighted by Gasteiger charge is -2.32. The van der Waals surface area contributed by atoms with Crippen molar-refractivity contribution < 1.29 is 19.1 Å². The molecule has 1 aromatic carbocycles. The zero-order valence-corrected chi connectivity index (χ0v) is 12.5. The summed E-state index contributed by atoms with van der Waals surface area (Å²) < 4.78 is 13.5. The number of carboxylic acids is 1. The lowest BCUT2D eigenvalue weighted by Crippen LogP contribution is -2.49. The fourth-order valence-corrected chi connectivity index (χ4v) is 1.47. The third-order valence-corrected chi connectivity index (χ3v) is 3.37. The Morgan fingerprint density at radius 2 is 1.95 bits per heavy atom. The molecular formula is C14H20FN3O3. The minimum absolute atomic E-state index is 0.0809. The summed E-state index contributed by atoms with van der Waals surface area (Å²) in [5.41, 5.74) is -0.906. The van der Waals surface area contributed by atoms with Crippen LogP contribution in [0, 0.1) is 5.82 Å². The monoisotopic (exact) mass is 297 g/mol. The number of rotatable bonds is 5. The molecule has 6 nitrogen and oxygen atoms in total. The first kappa shape index (κ1) is 16.9. The number of carboxylic acid groups (broad SMARTS) is 1. The Morgan fingerprint density at radius 1 is 1.33 bits per heavy atom. The molecule has 0 aliphatic carbocycles. The highest BCUT2D eigenvalue weighted by Gasteiger charge is 2.22. The number of halogens is 1. The average molecular weight is 297 g/mol. The summed E-state index contributed by atoms with van der Waals surface area (Å²) >= 11 is 0. The van der Waals surface area contributed by atoms with Gasteiger partial charge in [-0.2, -0.15) is 0 Å². The largest absolute Gasteiger partial charge is 0.478 e. The molecule has 7 heteroatoms. The highest BCUT2D eigenvalue weighted by molar-refractivity contribution is 6.00. The molecule has 0 radical (unpaired) electrons. The van der Waals surface area contributed by atoms with Gasteiger partial charge in [-0.05, 0) is 40.1 Å². The van der Waals surface area contributed by atoms with E-state index in [4.69, 9.17) is 5.11 Å². The van der Waals surface area contributed by atoms with Gasteiger partial charge in [0.25, 0.3) is 0 Å². The molecule has 0 spiro atoms. The summed E-state index contributed by atoms with van der Waals surface area (Å²) in [7, 11) is 3.77. The second kappa shape index (κ2) is 6.53. The third kappa shape index (κ3) is 4.42. The molecule has 0 saturated heterocycles. The highest BCUT2D eigenvalue weighted by Crippen LogP contribution is 2.19. The first-order valence-electron chi connectivity index (χ1n) is 6.39. The second-order valence-electron chi connectivity index (χ2n) is 5.48. The van der Waals surface area contributed by atoms with Crippen LogP contribution in [0.25, 0.3) is 0 Å². The quantitative estimate of drug-likeness (QED) is 0.776. The average Bonchev–Trinajstić information content (AvgIpc) is 2.36. The molecule has 0 aliphatic heterocycles. The van der Waals surface area contributed by atoms with Gasteiger partial charge in [-0.15, -0.1) is 0 Å². The van der Waals surface area contributed by atoms with E-state index in [1.54, 1.807) is 0 Å². The maximum absolute atomic E-state index is 13.5. The summed E-state index contributed by atoms with van der Waals surface area (Å²) in [5.74, 6) is -2.33. The number of hydrogen-bond donors (Lipinski definition) is 3. The number of nitrogens with zero attached hydrogens (tertiary/aromatic N) is 1. The van der Waals surface area contributed by atoms with Crippen molar-refractivity contribution >= 4 is 17.7 Å². The Hall–Kier alpha value is -2.15. The van der Waals surface area contributed by atoms with Crippen molar-refractivity contribution in [3.05, 3.63) is 29.6 Å². The Kier molecular flexibility index (Phi) is 5.26. The number of amides is 2. The Morgan fingerprint density at radius 3 is 2.48 bits per heavy atom. The minimum atomic E-state index is -1.43. The van der Waals surface area contributed by atoms with E-state index in [0.29, 0.717) is 6.54 Å². The van der Waals surface area contributed by atoms with Crippen LogP contribution in [0.1, 0.15) is 24.2 Å². The van der Waals surface area contributed by atoms with Gasteiger partial charge in [0, 0.05) is 12.1 Å². The maximum atomic E-state index is 13.5. The first-order valence-corrected chi connectivity index (χ1v) is 6.39. The number of carbonyl (C=O) groups excluding carboxylic acids is 1. The molecule has 1 aromatic rings. The number of likely N-dealkylation sites (N-methyl/N-ethyl adjacent to an activating group) is 1. The molecule has 21 heavy (non-hydrogen) atoms. The van der Waals surface area contributed by atoms with E-state index in [2.05, 4.69) is 10.6 Å². The van der Waals surface area contributed by atoms with Crippen LogP contribution in [-0.4, -0.2) is 48.2 Å². The number of urea groups is 1. The molecule has 0 atom stereocenters. The highest BCUT2D eigenvalue weighted by atomic mass is 19.1. The molecule has 116 valence electrons. The summed E-state index contributed by atoms with van der Waals surface area (Å²) in [4.78, 5) is 24.8. The molecule has 0 heterocycles. The lowest BCUT2D eigenvalue weighted by molar-refractivity contribution is 0.0693. The molecular weight excluding hydrogens is 277 g/mol. The molecule has 0 bridgehead atoms. The molecule has 0 fully saturated rings. The van der Waals surface area contributed by atoms with Crippen LogP contribution in [0.15, 0.2) is 18.2 Å². The first-order chi connectivity index (χ1) is 9.65. The zero-order chi connectivity index (χ0) is 16.2.